The van der Waals surface area contributed by atoms with Crippen molar-refractivity contribution >= 4 is 27.5 Å². The van der Waals surface area contributed by atoms with E-state index in [2.05, 4.69) is 30.9 Å². The number of hydrogen-bond acceptors (Lipinski definition) is 5. The number of halogens is 2. The highest BCUT2D eigenvalue weighted by atomic mass is 79.9. The SMILES string of the molecule is COc1nc(Cl)nc(Oc2cccc(Br)c2)n1. The van der Waals surface area contributed by atoms with Gasteiger partial charge in [0.1, 0.15) is 5.75 Å². The summed E-state index contributed by atoms with van der Waals surface area (Å²) in [6.45, 7) is 0. The molecule has 0 aliphatic carbocycles. The average Bonchev–Trinajstić information content (AvgIpc) is 2.28. The van der Waals surface area contributed by atoms with E-state index in [-0.39, 0.29) is 17.3 Å². The summed E-state index contributed by atoms with van der Waals surface area (Å²) >= 11 is 9.03. The lowest BCUT2D eigenvalue weighted by Crippen LogP contribution is -1.98. The van der Waals surface area contributed by atoms with Gasteiger partial charge in [0.25, 0.3) is 0 Å². The van der Waals surface area contributed by atoms with Crippen LogP contribution in [-0.2, 0) is 0 Å². The molecule has 1 aromatic carbocycles. The van der Waals surface area contributed by atoms with Crippen molar-refractivity contribution in [2.75, 3.05) is 7.11 Å². The molecule has 2 rings (SSSR count). The molecule has 5 nitrogen and oxygen atoms in total. The van der Waals surface area contributed by atoms with Gasteiger partial charge in [-0.2, -0.15) is 9.97 Å². The van der Waals surface area contributed by atoms with Crippen molar-refractivity contribution in [3.05, 3.63) is 34.0 Å². The highest BCUT2D eigenvalue weighted by Crippen LogP contribution is 2.23. The second-order valence-corrected chi connectivity index (χ2v) is 4.19. The zero-order valence-corrected chi connectivity index (χ0v) is 11.1. The van der Waals surface area contributed by atoms with Gasteiger partial charge in [0, 0.05) is 4.47 Å². The summed E-state index contributed by atoms with van der Waals surface area (Å²) in [6, 6.07) is 7.46. The van der Waals surface area contributed by atoms with Gasteiger partial charge in [-0.15, -0.1) is 4.98 Å². The zero-order chi connectivity index (χ0) is 12.3. The molecule has 1 heterocycles. The van der Waals surface area contributed by atoms with Gasteiger partial charge in [0.15, 0.2) is 0 Å². The fraction of sp³-hybridized carbons (Fsp3) is 0.100. The molecular weight excluding hydrogens is 309 g/mol. The summed E-state index contributed by atoms with van der Waals surface area (Å²) < 4.78 is 11.2. The number of methoxy groups -OCH3 is 1. The number of nitrogens with zero attached hydrogens (tertiary/aromatic N) is 3. The van der Waals surface area contributed by atoms with E-state index in [0.29, 0.717) is 5.75 Å². The molecule has 0 saturated carbocycles. The number of hydrogen-bond donors (Lipinski definition) is 0. The van der Waals surface area contributed by atoms with Crippen LogP contribution in [0.5, 0.6) is 17.8 Å². The van der Waals surface area contributed by atoms with Gasteiger partial charge in [-0.05, 0) is 29.8 Å². The summed E-state index contributed by atoms with van der Waals surface area (Å²) in [6.07, 6.45) is 0. The second-order valence-electron chi connectivity index (χ2n) is 2.93. The Morgan fingerprint density at radius 2 is 1.94 bits per heavy atom. The Hall–Kier alpha value is -1.40. The molecular formula is C10H7BrClN3O2. The molecule has 0 bridgehead atoms. The smallest absolute Gasteiger partial charge is 0.329 e. The highest BCUT2D eigenvalue weighted by molar-refractivity contribution is 9.10. The quantitative estimate of drug-likeness (QED) is 0.871. The predicted molar refractivity (Wildman–Crippen MR) is 65.6 cm³/mol. The van der Waals surface area contributed by atoms with Crippen molar-refractivity contribution in [1.29, 1.82) is 0 Å². The van der Waals surface area contributed by atoms with E-state index >= 15 is 0 Å². The largest absolute Gasteiger partial charge is 0.467 e. The molecule has 0 fully saturated rings. The van der Waals surface area contributed by atoms with E-state index in [1.165, 1.54) is 7.11 Å². The maximum atomic E-state index is 5.69. The minimum Gasteiger partial charge on any atom is -0.467 e. The third-order valence-corrected chi connectivity index (χ3v) is 2.42. The van der Waals surface area contributed by atoms with Gasteiger partial charge in [-0.25, -0.2) is 0 Å². The lowest BCUT2D eigenvalue weighted by atomic mass is 10.3. The van der Waals surface area contributed by atoms with Gasteiger partial charge in [-0.3, -0.25) is 0 Å². The third-order valence-electron chi connectivity index (χ3n) is 1.75. The lowest BCUT2D eigenvalue weighted by Gasteiger charge is -2.05. The Balaban J connectivity index is 2.26. The summed E-state index contributed by atoms with van der Waals surface area (Å²) in [7, 11) is 1.44. The van der Waals surface area contributed by atoms with Crippen molar-refractivity contribution in [2.45, 2.75) is 0 Å². The first kappa shape index (κ1) is 12.1. The minimum absolute atomic E-state index is 0.0156. The first-order valence-corrected chi connectivity index (χ1v) is 5.73. The molecule has 0 unspecified atom stereocenters. The van der Waals surface area contributed by atoms with E-state index < -0.39 is 0 Å². The lowest BCUT2D eigenvalue weighted by molar-refractivity contribution is 0.359. The normalized spacial score (nSPS) is 10.1. The predicted octanol–water partition coefficient (Wildman–Crippen LogP) is 3.09. The standard InChI is InChI=1S/C10H7BrClN3O2/c1-16-9-13-8(12)14-10(15-9)17-7-4-2-3-6(11)5-7/h2-5H,1H3. The summed E-state index contributed by atoms with van der Waals surface area (Å²) in [5, 5.41) is 0.0156. The van der Waals surface area contributed by atoms with E-state index in [1.807, 2.05) is 12.1 Å². The van der Waals surface area contributed by atoms with Crippen LogP contribution in [0, 0.1) is 0 Å². The van der Waals surface area contributed by atoms with Crippen LogP contribution < -0.4 is 9.47 Å². The van der Waals surface area contributed by atoms with Crippen molar-refractivity contribution in [1.82, 2.24) is 15.0 Å². The fourth-order valence-electron chi connectivity index (χ4n) is 1.09. The summed E-state index contributed by atoms with van der Waals surface area (Å²) in [4.78, 5) is 11.5. The fourth-order valence-corrected chi connectivity index (χ4v) is 1.61. The molecule has 1 aromatic heterocycles. The van der Waals surface area contributed by atoms with E-state index in [9.17, 15) is 0 Å². The van der Waals surface area contributed by atoms with Crippen LogP contribution in [0.1, 0.15) is 0 Å². The Morgan fingerprint density at radius 1 is 1.18 bits per heavy atom. The maximum Gasteiger partial charge on any atom is 0.329 e. The summed E-state index contributed by atoms with van der Waals surface area (Å²) in [5.41, 5.74) is 0. The van der Waals surface area contributed by atoms with Crippen LogP contribution >= 0.6 is 27.5 Å². The molecule has 17 heavy (non-hydrogen) atoms. The molecule has 0 aliphatic heterocycles. The van der Waals surface area contributed by atoms with Crippen LogP contribution in [0.25, 0.3) is 0 Å². The molecule has 0 radical (unpaired) electrons. The van der Waals surface area contributed by atoms with Gasteiger partial charge in [0.05, 0.1) is 7.11 Å². The van der Waals surface area contributed by atoms with Crippen molar-refractivity contribution in [2.24, 2.45) is 0 Å². The van der Waals surface area contributed by atoms with Gasteiger partial charge < -0.3 is 9.47 Å². The molecule has 0 aliphatic rings. The molecule has 0 atom stereocenters. The number of ether oxygens (including phenoxy) is 2. The first-order chi connectivity index (χ1) is 8.17. The topological polar surface area (TPSA) is 57.1 Å². The van der Waals surface area contributed by atoms with Crippen LogP contribution in [0.3, 0.4) is 0 Å². The van der Waals surface area contributed by atoms with Crippen molar-refractivity contribution in [3.8, 4) is 17.8 Å². The van der Waals surface area contributed by atoms with E-state index in [1.54, 1.807) is 12.1 Å². The van der Waals surface area contributed by atoms with Crippen LogP contribution in [0.15, 0.2) is 28.7 Å². The molecule has 0 amide bonds. The molecule has 0 N–H and O–H groups in total. The Morgan fingerprint density at radius 3 is 2.65 bits per heavy atom. The first-order valence-electron chi connectivity index (χ1n) is 4.56. The molecule has 88 valence electrons. The van der Waals surface area contributed by atoms with E-state index in [4.69, 9.17) is 21.1 Å². The Labute approximate surface area is 111 Å². The van der Waals surface area contributed by atoms with Crippen LogP contribution in [0.4, 0.5) is 0 Å². The van der Waals surface area contributed by atoms with E-state index in [0.717, 1.165) is 4.47 Å². The average molecular weight is 317 g/mol. The Bertz CT molecular complexity index is 539. The summed E-state index contributed by atoms with van der Waals surface area (Å²) in [5.74, 6) is 0.587. The Kier molecular flexibility index (Phi) is 3.75. The van der Waals surface area contributed by atoms with Gasteiger partial charge in [-0.1, -0.05) is 22.0 Å². The molecule has 0 saturated heterocycles. The third kappa shape index (κ3) is 3.28. The number of benzene rings is 1. The second kappa shape index (κ2) is 5.29. The van der Waals surface area contributed by atoms with Gasteiger partial charge >= 0.3 is 12.0 Å². The van der Waals surface area contributed by atoms with Crippen molar-refractivity contribution in [3.63, 3.8) is 0 Å². The maximum absolute atomic E-state index is 5.69. The molecule has 7 heteroatoms. The monoisotopic (exact) mass is 315 g/mol. The molecule has 2 aromatic rings. The number of aromatic nitrogens is 3. The van der Waals surface area contributed by atoms with Crippen molar-refractivity contribution < 1.29 is 9.47 Å². The zero-order valence-electron chi connectivity index (χ0n) is 8.72. The van der Waals surface area contributed by atoms with Crippen LogP contribution in [0.2, 0.25) is 5.28 Å². The minimum atomic E-state index is 0.0156. The highest BCUT2D eigenvalue weighted by Gasteiger charge is 2.07. The van der Waals surface area contributed by atoms with Gasteiger partial charge in [0.2, 0.25) is 5.28 Å². The van der Waals surface area contributed by atoms with Crippen LogP contribution in [-0.4, -0.2) is 22.1 Å². The number of rotatable bonds is 3. The molecule has 0 spiro atoms.